The molecule has 148 valence electrons. The Kier molecular flexibility index (Phi) is 5.11. The van der Waals surface area contributed by atoms with E-state index in [9.17, 15) is 4.79 Å². The van der Waals surface area contributed by atoms with Gasteiger partial charge in [0.1, 0.15) is 5.82 Å². The van der Waals surface area contributed by atoms with Crippen LogP contribution in [0.2, 0.25) is 5.02 Å². The molecular weight excluding hydrogens is 390 g/mol. The second kappa shape index (κ2) is 7.72. The van der Waals surface area contributed by atoms with Crippen molar-refractivity contribution in [1.82, 2.24) is 9.97 Å². The highest BCUT2D eigenvalue weighted by Crippen LogP contribution is 2.36. The van der Waals surface area contributed by atoms with Crippen molar-refractivity contribution in [2.24, 2.45) is 0 Å². The van der Waals surface area contributed by atoms with Crippen molar-refractivity contribution in [2.45, 2.75) is 19.9 Å². The number of halogens is 1. The summed E-state index contributed by atoms with van der Waals surface area (Å²) in [5.74, 6) is 2.42. The average molecular weight is 410 g/mol. The summed E-state index contributed by atoms with van der Waals surface area (Å²) >= 11 is 5.99. The van der Waals surface area contributed by atoms with Gasteiger partial charge in [0.25, 0.3) is 0 Å². The number of carbonyl (C=O) groups is 1. The van der Waals surface area contributed by atoms with E-state index in [-0.39, 0.29) is 12.3 Å². The van der Waals surface area contributed by atoms with E-state index >= 15 is 0 Å². The Morgan fingerprint density at radius 2 is 1.83 bits per heavy atom. The Bertz CT molecular complexity index is 1080. The topological polar surface area (TPSA) is 64.5 Å². The Balaban J connectivity index is 1.75. The van der Waals surface area contributed by atoms with Crippen molar-refractivity contribution in [2.75, 3.05) is 19.1 Å². The third kappa shape index (κ3) is 3.51. The van der Waals surface area contributed by atoms with Crippen molar-refractivity contribution < 1.29 is 14.3 Å². The average Bonchev–Trinajstić information content (AvgIpc) is 3.04. The van der Waals surface area contributed by atoms with Gasteiger partial charge in [-0.25, -0.2) is 9.97 Å². The maximum Gasteiger partial charge on any atom is 0.233 e. The zero-order chi connectivity index (χ0) is 20.5. The largest absolute Gasteiger partial charge is 0.493 e. The predicted octanol–water partition coefficient (Wildman–Crippen LogP) is 4.21. The molecule has 0 saturated carbocycles. The number of ether oxygens (including phenoxy) is 2. The lowest BCUT2D eigenvalue weighted by atomic mass is 10.1. The standard InChI is InChI=1S/C22H20ClN3O3/c1-13-17-11-19(27)26(12-15-5-4-6-18(28-2)20(15)29-3)22(17)25-21(24-13)14-7-9-16(23)10-8-14/h4-10H,11-12H2,1-3H3. The minimum absolute atomic E-state index is 0.0180. The van der Waals surface area contributed by atoms with Crippen LogP contribution in [-0.2, 0) is 17.8 Å². The van der Waals surface area contributed by atoms with Gasteiger partial charge in [0, 0.05) is 27.4 Å². The van der Waals surface area contributed by atoms with Gasteiger partial charge in [-0.2, -0.15) is 0 Å². The minimum Gasteiger partial charge on any atom is -0.493 e. The molecule has 0 atom stereocenters. The second-order valence-corrected chi connectivity index (χ2v) is 7.19. The van der Waals surface area contributed by atoms with Gasteiger partial charge in [0.2, 0.25) is 5.91 Å². The molecule has 0 unspecified atom stereocenters. The first-order valence-electron chi connectivity index (χ1n) is 9.15. The number of aromatic nitrogens is 2. The van der Waals surface area contributed by atoms with E-state index in [1.807, 2.05) is 37.3 Å². The van der Waals surface area contributed by atoms with E-state index in [0.29, 0.717) is 34.7 Å². The fourth-order valence-electron chi connectivity index (χ4n) is 3.52. The maximum atomic E-state index is 12.8. The van der Waals surface area contributed by atoms with Crippen molar-refractivity contribution in [3.05, 3.63) is 64.3 Å². The van der Waals surface area contributed by atoms with Crippen LogP contribution in [0.4, 0.5) is 5.82 Å². The van der Waals surface area contributed by atoms with Gasteiger partial charge in [-0.1, -0.05) is 23.7 Å². The van der Waals surface area contributed by atoms with Gasteiger partial charge in [0.15, 0.2) is 17.3 Å². The van der Waals surface area contributed by atoms with Crippen LogP contribution in [0, 0.1) is 6.92 Å². The monoisotopic (exact) mass is 409 g/mol. The summed E-state index contributed by atoms with van der Waals surface area (Å²) < 4.78 is 10.9. The molecule has 1 aliphatic heterocycles. The van der Waals surface area contributed by atoms with Gasteiger partial charge in [-0.05, 0) is 37.3 Å². The number of carbonyl (C=O) groups excluding carboxylic acids is 1. The van der Waals surface area contributed by atoms with Crippen LogP contribution in [0.25, 0.3) is 11.4 Å². The summed E-state index contributed by atoms with van der Waals surface area (Å²) in [5, 5.41) is 0.647. The first kappa shape index (κ1) is 19.2. The molecule has 29 heavy (non-hydrogen) atoms. The number of benzene rings is 2. The van der Waals surface area contributed by atoms with Crippen LogP contribution in [0.5, 0.6) is 11.5 Å². The molecule has 0 saturated heterocycles. The summed E-state index contributed by atoms with van der Waals surface area (Å²) in [5.41, 5.74) is 3.35. The van der Waals surface area contributed by atoms with Gasteiger partial charge in [-0.15, -0.1) is 0 Å². The van der Waals surface area contributed by atoms with Crippen LogP contribution < -0.4 is 14.4 Å². The molecular formula is C22H20ClN3O3. The molecule has 4 rings (SSSR count). The number of amides is 1. The number of para-hydroxylation sites is 1. The molecule has 1 aliphatic rings. The maximum absolute atomic E-state index is 12.8. The molecule has 1 amide bonds. The summed E-state index contributed by atoms with van der Waals surface area (Å²) in [4.78, 5) is 23.8. The molecule has 7 heteroatoms. The number of fused-ring (bicyclic) bond motifs is 1. The van der Waals surface area contributed by atoms with Crippen molar-refractivity contribution in [3.8, 4) is 22.9 Å². The van der Waals surface area contributed by atoms with E-state index in [2.05, 4.69) is 4.98 Å². The number of methoxy groups -OCH3 is 2. The van der Waals surface area contributed by atoms with Gasteiger partial charge in [-0.3, -0.25) is 9.69 Å². The van der Waals surface area contributed by atoms with Crippen LogP contribution in [-0.4, -0.2) is 30.1 Å². The summed E-state index contributed by atoms with van der Waals surface area (Å²) in [6.45, 7) is 2.24. The molecule has 0 radical (unpaired) electrons. The highest BCUT2D eigenvalue weighted by molar-refractivity contribution is 6.30. The van der Waals surface area contributed by atoms with Crippen molar-refractivity contribution >= 4 is 23.3 Å². The van der Waals surface area contributed by atoms with Crippen LogP contribution in [0.3, 0.4) is 0 Å². The molecule has 0 N–H and O–H groups in total. The molecule has 3 aromatic rings. The van der Waals surface area contributed by atoms with E-state index in [0.717, 1.165) is 22.4 Å². The number of anilines is 1. The Morgan fingerprint density at radius 1 is 1.07 bits per heavy atom. The Hall–Kier alpha value is -3.12. The van der Waals surface area contributed by atoms with Crippen molar-refractivity contribution in [3.63, 3.8) is 0 Å². The van der Waals surface area contributed by atoms with E-state index in [4.69, 9.17) is 26.1 Å². The SMILES string of the molecule is COc1cccc(CN2C(=O)Cc3c(C)nc(-c4ccc(Cl)cc4)nc32)c1OC. The fourth-order valence-corrected chi connectivity index (χ4v) is 3.64. The third-order valence-corrected chi connectivity index (χ3v) is 5.24. The molecule has 0 fully saturated rings. The Morgan fingerprint density at radius 3 is 2.52 bits per heavy atom. The van der Waals surface area contributed by atoms with Gasteiger partial charge < -0.3 is 9.47 Å². The Labute approximate surface area is 174 Å². The lowest BCUT2D eigenvalue weighted by molar-refractivity contribution is -0.117. The molecule has 1 aromatic heterocycles. The minimum atomic E-state index is -0.0180. The lowest BCUT2D eigenvalue weighted by Gasteiger charge is -2.20. The zero-order valence-electron chi connectivity index (χ0n) is 16.4. The van der Waals surface area contributed by atoms with Gasteiger partial charge in [0.05, 0.1) is 27.2 Å². The highest BCUT2D eigenvalue weighted by atomic mass is 35.5. The fraction of sp³-hybridized carbons (Fsp3) is 0.227. The molecule has 2 heterocycles. The molecule has 0 spiro atoms. The summed E-state index contributed by atoms with van der Waals surface area (Å²) in [7, 11) is 3.18. The summed E-state index contributed by atoms with van der Waals surface area (Å²) in [6, 6.07) is 13.0. The number of nitrogens with zero attached hydrogens (tertiary/aromatic N) is 3. The molecule has 0 aliphatic carbocycles. The molecule has 0 bridgehead atoms. The number of hydrogen-bond acceptors (Lipinski definition) is 5. The first-order chi connectivity index (χ1) is 14.0. The molecule has 2 aromatic carbocycles. The van der Waals surface area contributed by atoms with E-state index in [1.54, 1.807) is 31.3 Å². The first-order valence-corrected chi connectivity index (χ1v) is 9.53. The third-order valence-electron chi connectivity index (χ3n) is 4.99. The number of rotatable bonds is 5. The van der Waals surface area contributed by atoms with Crippen LogP contribution >= 0.6 is 11.6 Å². The number of hydrogen-bond donors (Lipinski definition) is 0. The lowest BCUT2D eigenvalue weighted by Crippen LogP contribution is -2.27. The van der Waals surface area contributed by atoms with Crippen LogP contribution in [0.15, 0.2) is 42.5 Å². The smallest absolute Gasteiger partial charge is 0.233 e. The highest BCUT2D eigenvalue weighted by Gasteiger charge is 2.32. The molecule has 6 nitrogen and oxygen atoms in total. The van der Waals surface area contributed by atoms with Gasteiger partial charge >= 0.3 is 0 Å². The number of aryl methyl sites for hydroxylation is 1. The van der Waals surface area contributed by atoms with E-state index < -0.39 is 0 Å². The van der Waals surface area contributed by atoms with E-state index in [1.165, 1.54) is 0 Å². The predicted molar refractivity (Wildman–Crippen MR) is 112 cm³/mol. The summed E-state index contributed by atoms with van der Waals surface area (Å²) in [6.07, 6.45) is 0.286. The van der Waals surface area contributed by atoms with Crippen molar-refractivity contribution in [1.29, 1.82) is 0 Å². The quantitative estimate of drug-likeness (QED) is 0.631. The zero-order valence-corrected chi connectivity index (χ0v) is 17.2. The second-order valence-electron chi connectivity index (χ2n) is 6.75. The normalized spacial score (nSPS) is 12.8. The van der Waals surface area contributed by atoms with Crippen LogP contribution in [0.1, 0.15) is 16.8 Å².